The minimum absolute atomic E-state index is 0.0308. The molecule has 10 heteroatoms. The van der Waals surface area contributed by atoms with Crippen LogP contribution in [0.1, 0.15) is 44.1 Å². The Morgan fingerprint density at radius 2 is 1.45 bits per heavy atom. The molecule has 5 unspecified atom stereocenters. The molecule has 2 bridgehead atoms. The number of rotatable bonds is 4. The first-order valence-electron chi connectivity index (χ1n) is 14.3. The van der Waals surface area contributed by atoms with Crippen molar-refractivity contribution in [3.8, 4) is 0 Å². The van der Waals surface area contributed by atoms with Crippen LogP contribution in [-0.2, 0) is 19.6 Å². The minimum atomic E-state index is -3.62. The number of nitrogens with zero attached hydrogens (tertiary/aromatic N) is 4. The lowest BCUT2D eigenvalue weighted by molar-refractivity contribution is -0.143. The number of hydrogen-bond donors (Lipinski definition) is 1. The second-order valence-corrected chi connectivity index (χ2v) is 13.8. The molecule has 3 heterocycles. The van der Waals surface area contributed by atoms with Crippen LogP contribution in [0.5, 0.6) is 0 Å². The fraction of sp³-hybridized carbons (Fsp3) is 0.679. The van der Waals surface area contributed by atoms with Crippen molar-refractivity contribution in [3.63, 3.8) is 0 Å². The van der Waals surface area contributed by atoms with Gasteiger partial charge < -0.3 is 10.0 Å². The summed E-state index contributed by atoms with van der Waals surface area (Å²) in [7, 11) is -3.62. The third-order valence-corrected chi connectivity index (χ3v) is 11.7. The van der Waals surface area contributed by atoms with E-state index < -0.39 is 16.1 Å². The van der Waals surface area contributed by atoms with E-state index >= 15 is 0 Å². The van der Waals surface area contributed by atoms with Crippen LogP contribution in [0.3, 0.4) is 0 Å². The van der Waals surface area contributed by atoms with Gasteiger partial charge in [0.1, 0.15) is 4.90 Å². The van der Waals surface area contributed by atoms with Crippen molar-refractivity contribution in [1.29, 1.82) is 0 Å². The number of aliphatic hydroxyl groups excluding tert-OH is 1. The molecule has 0 spiro atoms. The summed E-state index contributed by atoms with van der Waals surface area (Å²) in [6.45, 7) is 4.56. The van der Waals surface area contributed by atoms with Gasteiger partial charge in [0.25, 0.3) is 10.0 Å². The summed E-state index contributed by atoms with van der Waals surface area (Å²) >= 11 is 0. The highest BCUT2D eigenvalue weighted by Gasteiger charge is 2.65. The smallest absolute Gasteiger partial charge is 0.285 e. The summed E-state index contributed by atoms with van der Waals surface area (Å²) < 4.78 is 29.1. The zero-order valence-corrected chi connectivity index (χ0v) is 22.4. The molecule has 38 heavy (non-hydrogen) atoms. The van der Waals surface area contributed by atoms with Gasteiger partial charge in [0, 0.05) is 44.8 Å². The molecule has 3 saturated carbocycles. The number of piperazine rings is 1. The molecule has 2 saturated heterocycles. The summed E-state index contributed by atoms with van der Waals surface area (Å²) in [5.41, 5.74) is 0.693. The van der Waals surface area contributed by atoms with Crippen molar-refractivity contribution in [2.45, 2.75) is 49.5 Å². The Balaban J connectivity index is 0.990. The maximum Gasteiger partial charge on any atom is 0.285 e. The second kappa shape index (κ2) is 9.13. The molecule has 2 amide bonds. The zero-order valence-electron chi connectivity index (χ0n) is 21.6. The van der Waals surface area contributed by atoms with E-state index in [4.69, 9.17) is 0 Å². The van der Waals surface area contributed by atoms with Gasteiger partial charge in [0.05, 0.1) is 17.9 Å². The maximum atomic E-state index is 13.3. The molecule has 0 radical (unpaired) electrons. The summed E-state index contributed by atoms with van der Waals surface area (Å²) in [6.07, 6.45) is 5.70. The highest BCUT2D eigenvalue weighted by molar-refractivity contribution is 7.90. The van der Waals surface area contributed by atoms with E-state index in [2.05, 4.69) is 14.2 Å². The topological polar surface area (TPSA) is 111 Å². The quantitative estimate of drug-likeness (QED) is 0.577. The number of imide groups is 1. The van der Waals surface area contributed by atoms with Gasteiger partial charge in [-0.15, -0.1) is 4.40 Å². The number of sulfonamides is 1. The molecule has 1 aromatic rings. The molecule has 9 nitrogen and oxygen atoms in total. The largest absolute Gasteiger partial charge is 0.392 e. The van der Waals surface area contributed by atoms with E-state index in [0.29, 0.717) is 34.7 Å². The van der Waals surface area contributed by atoms with Gasteiger partial charge in [-0.3, -0.25) is 19.4 Å². The number of fused-ring (bicyclic) bond motifs is 6. The number of amidine groups is 1. The highest BCUT2D eigenvalue weighted by atomic mass is 32.2. The van der Waals surface area contributed by atoms with E-state index in [1.54, 1.807) is 17.0 Å². The predicted octanol–water partition coefficient (Wildman–Crippen LogP) is 1.56. The van der Waals surface area contributed by atoms with E-state index in [-0.39, 0.29) is 35.5 Å². The van der Waals surface area contributed by atoms with Crippen molar-refractivity contribution < 1.29 is 23.1 Å². The Kier molecular flexibility index (Phi) is 5.94. The van der Waals surface area contributed by atoms with Crippen LogP contribution < -0.4 is 0 Å². The third kappa shape index (κ3) is 3.78. The zero-order chi connectivity index (χ0) is 26.2. The Hall–Kier alpha value is -2.30. The predicted molar refractivity (Wildman–Crippen MR) is 140 cm³/mol. The van der Waals surface area contributed by atoms with Crippen molar-refractivity contribution in [3.05, 3.63) is 29.8 Å². The van der Waals surface area contributed by atoms with Gasteiger partial charge in [0.2, 0.25) is 11.8 Å². The SMILES string of the molecule is O=C1C2C(C(=O)N1CC1CCCCC1CN1CCN(C3=NS(=O)(=O)c4ccccc43)CC1)[C@@H]1CC[C@H]2C1O. The average molecular weight is 541 g/mol. The van der Waals surface area contributed by atoms with Crippen molar-refractivity contribution >= 4 is 27.7 Å². The molecule has 7 rings (SSSR count). The van der Waals surface area contributed by atoms with Crippen LogP contribution in [-0.4, -0.2) is 91.2 Å². The molecule has 3 aliphatic heterocycles. The van der Waals surface area contributed by atoms with Crippen LogP contribution in [0.15, 0.2) is 33.6 Å². The normalized spacial score (nSPS) is 38.0. The first kappa shape index (κ1) is 24.7. The molecule has 1 aromatic carbocycles. The lowest BCUT2D eigenvalue weighted by Gasteiger charge is -2.41. The Bertz CT molecular complexity index is 1260. The van der Waals surface area contributed by atoms with Gasteiger partial charge in [-0.1, -0.05) is 25.0 Å². The van der Waals surface area contributed by atoms with Gasteiger partial charge in [-0.2, -0.15) is 8.42 Å². The number of carbonyl (C=O) groups excluding carboxylic acids is 2. The number of carbonyl (C=O) groups is 2. The third-order valence-electron chi connectivity index (χ3n) is 10.4. The maximum absolute atomic E-state index is 13.3. The van der Waals surface area contributed by atoms with Gasteiger partial charge in [-0.25, -0.2) is 0 Å². The number of amides is 2. The molecular weight excluding hydrogens is 504 g/mol. The number of hydrogen-bond acceptors (Lipinski definition) is 7. The van der Waals surface area contributed by atoms with Crippen molar-refractivity contribution in [2.24, 2.45) is 39.9 Å². The molecule has 204 valence electrons. The molecule has 3 aliphatic carbocycles. The summed E-state index contributed by atoms with van der Waals surface area (Å²) in [6, 6.07) is 7.04. The standard InChI is InChI=1S/C28H36N4O5S/c33-25-20-9-10-21(25)24-23(20)27(34)32(28(24)35)16-18-6-2-1-5-17(18)15-30-11-13-31(14-12-30)26-19-7-3-4-8-22(19)38(36,37)29-26/h3-4,7-8,17-18,20-21,23-25,33H,1-2,5-6,9-16H2/t17?,18?,20-,21+,23?,24?,25?. The van der Waals surface area contributed by atoms with Crippen LogP contribution in [0, 0.1) is 35.5 Å². The van der Waals surface area contributed by atoms with E-state index in [9.17, 15) is 23.1 Å². The highest BCUT2D eigenvalue weighted by Crippen LogP contribution is 2.56. The van der Waals surface area contributed by atoms with Crippen LogP contribution in [0.4, 0.5) is 0 Å². The Morgan fingerprint density at radius 1 is 0.842 bits per heavy atom. The number of benzene rings is 1. The van der Waals surface area contributed by atoms with Gasteiger partial charge in [0.15, 0.2) is 5.84 Å². The molecule has 1 N–H and O–H groups in total. The Morgan fingerprint density at radius 3 is 2.11 bits per heavy atom. The first-order chi connectivity index (χ1) is 18.3. The first-order valence-corrected chi connectivity index (χ1v) is 15.7. The molecule has 0 aromatic heterocycles. The van der Waals surface area contributed by atoms with Gasteiger partial charge >= 0.3 is 0 Å². The molecule has 5 fully saturated rings. The molecule has 7 atom stereocenters. The van der Waals surface area contributed by atoms with E-state index in [0.717, 1.165) is 64.8 Å². The van der Waals surface area contributed by atoms with Crippen LogP contribution in [0.25, 0.3) is 0 Å². The number of likely N-dealkylation sites (tertiary alicyclic amines) is 1. The van der Waals surface area contributed by atoms with Crippen LogP contribution in [0.2, 0.25) is 0 Å². The fourth-order valence-electron chi connectivity index (χ4n) is 8.47. The average Bonchev–Trinajstić information content (AvgIpc) is 3.59. The second-order valence-electron chi connectivity index (χ2n) is 12.2. The molecule has 6 aliphatic rings. The van der Waals surface area contributed by atoms with E-state index in [1.165, 1.54) is 6.42 Å². The lowest BCUT2D eigenvalue weighted by atomic mass is 9.78. The fourth-order valence-corrected chi connectivity index (χ4v) is 9.70. The molecular formula is C28H36N4O5S. The monoisotopic (exact) mass is 540 g/mol. The van der Waals surface area contributed by atoms with Crippen LogP contribution >= 0.6 is 0 Å². The van der Waals surface area contributed by atoms with E-state index in [1.807, 2.05) is 12.1 Å². The van der Waals surface area contributed by atoms with Crippen molar-refractivity contribution in [1.82, 2.24) is 14.7 Å². The lowest BCUT2D eigenvalue weighted by Crippen LogP contribution is -2.51. The summed E-state index contributed by atoms with van der Waals surface area (Å²) in [5, 5.41) is 10.5. The summed E-state index contributed by atoms with van der Waals surface area (Å²) in [5.74, 6) is 0.598. The summed E-state index contributed by atoms with van der Waals surface area (Å²) in [4.78, 5) is 33.0. The van der Waals surface area contributed by atoms with Gasteiger partial charge in [-0.05, 0) is 61.5 Å². The number of aliphatic hydroxyl groups is 1. The van der Waals surface area contributed by atoms with Crippen molar-refractivity contribution in [2.75, 3.05) is 39.3 Å². The Labute approximate surface area is 223 Å². The minimum Gasteiger partial charge on any atom is -0.392 e.